The van der Waals surface area contributed by atoms with E-state index in [1.165, 1.54) is 26.2 Å². The number of nitrogens with zero attached hydrogens (tertiary/aromatic N) is 5. The van der Waals surface area contributed by atoms with Crippen molar-refractivity contribution in [2.75, 3.05) is 5.73 Å². The lowest BCUT2D eigenvalue weighted by atomic mass is 9.84. The number of anilines is 1. The molecule has 0 bridgehead atoms. The first-order chi connectivity index (χ1) is 23.5. The molecule has 0 spiro atoms. The molecule has 0 aliphatic carbocycles. The van der Waals surface area contributed by atoms with E-state index in [2.05, 4.69) is 36.6 Å². The van der Waals surface area contributed by atoms with Gasteiger partial charge in [0.2, 0.25) is 0 Å². The molecule has 4 heterocycles. The second kappa shape index (κ2) is 14.3. The molecule has 1 fully saturated rings. The van der Waals surface area contributed by atoms with Crippen molar-refractivity contribution >= 4 is 50.4 Å². The lowest BCUT2D eigenvalue weighted by Gasteiger charge is -2.50. The van der Waals surface area contributed by atoms with Crippen LogP contribution in [-0.2, 0) is 46.7 Å². The molecule has 0 saturated carbocycles. The van der Waals surface area contributed by atoms with Gasteiger partial charge < -0.3 is 25.7 Å². The van der Waals surface area contributed by atoms with Crippen LogP contribution in [0.1, 0.15) is 70.5 Å². The number of thiazole rings is 1. The number of aryl methyl sites for hydroxylation is 2. The van der Waals surface area contributed by atoms with Crippen molar-refractivity contribution in [3.8, 4) is 16.9 Å². The second-order valence-corrected chi connectivity index (χ2v) is 14.4. The number of aliphatic carboxylic acids is 1. The normalized spacial score (nSPS) is 19.8. The first kappa shape index (κ1) is 36.6. The molecule has 1 saturated heterocycles. The molecular weight excluding hydrogens is 695 g/mol. The van der Waals surface area contributed by atoms with Gasteiger partial charge in [0, 0.05) is 29.8 Å². The Balaban J connectivity index is 1.33. The van der Waals surface area contributed by atoms with Crippen LogP contribution in [0.25, 0.3) is 11.1 Å². The minimum atomic E-state index is -5.03. The van der Waals surface area contributed by atoms with Gasteiger partial charge in [-0.3, -0.25) is 14.1 Å². The number of unbranched alkanes of at least 4 members (excludes halogenated alkanes) is 2. The smallest absolute Gasteiger partial charge is 0.418 e. The maximum Gasteiger partial charge on any atom is 0.418 e. The third kappa shape index (κ3) is 7.69. The molecule has 268 valence electrons. The summed E-state index contributed by atoms with van der Waals surface area (Å²) in [5.41, 5.74) is 4.21. The van der Waals surface area contributed by atoms with Gasteiger partial charge in [0.1, 0.15) is 23.3 Å². The summed E-state index contributed by atoms with van der Waals surface area (Å²) in [4.78, 5) is 57.4. The fourth-order valence-corrected chi connectivity index (χ4v) is 6.52. The summed E-state index contributed by atoms with van der Waals surface area (Å²) >= 11 is 0.971. The summed E-state index contributed by atoms with van der Waals surface area (Å²) in [6.07, 6.45) is 7.27. The van der Waals surface area contributed by atoms with Crippen LogP contribution in [0.5, 0.6) is 5.75 Å². The minimum Gasteiger partial charge on any atom is -0.485 e. The molecule has 2 amide bonds. The van der Waals surface area contributed by atoms with Crippen molar-refractivity contribution in [1.82, 2.24) is 25.3 Å². The van der Waals surface area contributed by atoms with Gasteiger partial charge in [-0.25, -0.2) is 19.7 Å². The Hall–Kier alpha value is -4.72. The largest absolute Gasteiger partial charge is 0.485 e. The fourth-order valence-electron chi connectivity index (χ4n) is 5.52. The highest BCUT2D eigenvalue weighted by molar-refractivity contribution is 7.80. The monoisotopic (exact) mass is 731 g/mol. The zero-order valence-electron chi connectivity index (χ0n) is 27.7. The van der Waals surface area contributed by atoms with Crippen LogP contribution in [0.4, 0.5) is 5.13 Å². The van der Waals surface area contributed by atoms with Crippen molar-refractivity contribution in [1.29, 1.82) is 0 Å². The molecule has 50 heavy (non-hydrogen) atoms. The number of benzene rings is 1. The Kier molecular flexibility index (Phi) is 10.4. The number of hydroxylamine groups is 2. The number of aromatic nitrogens is 3. The van der Waals surface area contributed by atoms with Crippen LogP contribution in [0.15, 0.2) is 41.1 Å². The SMILES string of the molecule is CCCCCc1ncc(-c2ccc3c(c2)CC[C@H]([C@](C)(O/N=C(\C(=O)N[C@@H]2C(=O)N(OS(=O)(=O)O)C2(C)C)c2csc(N)n2)C(=O)O)O3)cn1. The van der Waals surface area contributed by atoms with Crippen molar-refractivity contribution in [3.63, 3.8) is 0 Å². The van der Waals surface area contributed by atoms with Crippen molar-refractivity contribution < 1.29 is 46.3 Å². The van der Waals surface area contributed by atoms with E-state index >= 15 is 0 Å². The molecule has 1 aromatic carbocycles. The third-order valence-electron chi connectivity index (χ3n) is 8.51. The zero-order chi connectivity index (χ0) is 36.4. The number of nitrogens with two attached hydrogens (primary N) is 1. The standard InChI is InChI=1S/C31H37N7O10S2/c1-5-6-7-8-23-33-14-19(15-34-23)17-9-11-21-18(13-17)10-12-22(46-21)31(4,28(41)42)47-37-24(20-16-49-29(32)35-20)26(39)36-25-27(40)38(30(25,2)3)48-50(43,44)45/h9,11,13-16,22,25H,5-8,10,12H2,1-4H3,(H2,32,35)(H,36,39)(H,41,42)(H,43,44,45)/b37-24-/t22-,25-,31+/m1/s1. The van der Waals surface area contributed by atoms with Crippen LogP contribution in [0.3, 0.4) is 0 Å². The van der Waals surface area contributed by atoms with Gasteiger partial charge in [-0.05, 0) is 63.3 Å². The number of nitrogen functional groups attached to an aromatic ring is 1. The lowest BCUT2D eigenvalue weighted by molar-refractivity contribution is -0.218. The quantitative estimate of drug-likeness (QED) is 0.0612. The Bertz CT molecular complexity index is 1920. The first-order valence-corrected chi connectivity index (χ1v) is 17.9. The molecule has 0 unspecified atom stereocenters. The number of β-lactam (4-membered cyclic amide) rings is 1. The van der Waals surface area contributed by atoms with Gasteiger partial charge in [-0.2, -0.15) is 13.5 Å². The molecule has 2 aliphatic heterocycles. The summed E-state index contributed by atoms with van der Waals surface area (Å²) in [6.45, 7) is 6.15. The van der Waals surface area contributed by atoms with E-state index < -0.39 is 57.2 Å². The Labute approximate surface area is 291 Å². The highest BCUT2D eigenvalue weighted by Crippen LogP contribution is 2.37. The number of fused-ring (bicyclic) bond motifs is 1. The Morgan fingerprint density at radius 3 is 2.56 bits per heavy atom. The summed E-state index contributed by atoms with van der Waals surface area (Å²) in [7, 11) is -5.03. The molecule has 3 aromatic rings. The number of carbonyl (C=O) groups excluding carboxylic acids is 2. The van der Waals surface area contributed by atoms with E-state index in [4.69, 9.17) is 19.9 Å². The first-order valence-electron chi connectivity index (χ1n) is 15.7. The zero-order valence-corrected chi connectivity index (χ0v) is 29.3. The topological polar surface area (TPSA) is 246 Å². The van der Waals surface area contributed by atoms with Gasteiger partial charge in [-0.1, -0.05) is 31.0 Å². The lowest BCUT2D eigenvalue weighted by Crippen LogP contribution is -2.76. The van der Waals surface area contributed by atoms with E-state index in [0.29, 0.717) is 17.2 Å². The third-order valence-corrected chi connectivity index (χ3v) is 9.53. The molecule has 17 nitrogen and oxygen atoms in total. The summed E-state index contributed by atoms with van der Waals surface area (Å²) in [5, 5.41) is 18.5. The van der Waals surface area contributed by atoms with Crippen molar-refractivity contribution in [3.05, 3.63) is 53.1 Å². The van der Waals surface area contributed by atoms with Crippen LogP contribution in [0, 0.1) is 0 Å². The number of carboxylic acid groups (broad SMARTS) is 1. The molecule has 2 aromatic heterocycles. The number of amides is 2. The van der Waals surface area contributed by atoms with E-state index in [0.717, 1.165) is 59.5 Å². The fraction of sp³-hybridized carbons (Fsp3) is 0.452. The van der Waals surface area contributed by atoms with Gasteiger partial charge in [-0.15, -0.1) is 15.6 Å². The summed E-state index contributed by atoms with van der Waals surface area (Å²) < 4.78 is 41.8. The average Bonchev–Trinajstić information content (AvgIpc) is 3.50. The molecule has 3 atom stereocenters. The van der Waals surface area contributed by atoms with E-state index in [1.807, 2.05) is 12.1 Å². The molecule has 5 rings (SSSR count). The van der Waals surface area contributed by atoms with Crippen LogP contribution in [-0.4, -0.2) is 84.9 Å². The summed E-state index contributed by atoms with van der Waals surface area (Å²) in [5.74, 6) is -2.18. The van der Waals surface area contributed by atoms with Crippen molar-refractivity contribution in [2.24, 2.45) is 5.16 Å². The predicted octanol–water partition coefficient (Wildman–Crippen LogP) is 2.71. The van der Waals surface area contributed by atoms with Crippen molar-refractivity contribution in [2.45, 2.75) is 89.5 Å². The molecular formula is C31H37N7O10S2. The number of carbonyl (C=O) groups is 3. The van der Waals surface area contributed by atoms with E-state index in [9.17, 15) is 27.9 Å². The van der Waals surface area contributed by atoms with Crippen LogP contribution >= 0.6 is 11.3 Å². The second-order valence-electron chi connectivity index (χ2n) is 12.5. The maximum absolute atomic E-state index is 13.5. The summed E-state index contributed by atoms with van der Waals surface area (Å²) in [6, 6.07) is 4.18. The van der Waals surface area contributed by atoms with Gasteiger partial charge in [0.25, 0.3) is 17.4 Å². The number of carboxylic acids is 1. The molecule has 2 aliphatic rings. The predicted molar refractivity (Wildman–Crippen MR) is 179 cm³/mol. The van der Waals surface area contributed by atoms with E-state index in [1.54, 1.807) is 18.5 Å². The maximum atomic E-state index is 13.5. The van der Waals surface area contributed by atoms with Gasteiger partial charge in [0.15, 0.2) is 16.9 Å². The Morgan fingerprint density at radius 2 is 1.96 bits per heavy atom. The van der Waals surface area contributed by atoms with Gasteiger partial charge in [0.05, 0.1) is 5.54 Å². The molecule has 0 radical (unpaired) electrons. The minimum absolute atomic E-state index is 0.0651. The highest BCUT2D eigenvalue weighted by Gasteiger charge is 2.58. The van der Waals surface area contributed by atoms with Crippen LogP contribution < -0.4 is 15.8 Å². The molecule has 5 N–H and O–H groups in total. The number of hydrogen-bond donors (Lipinski definition) is 4. The van der Waals surface area contributed by atoms with Gasteiger partial charge >= 0.3 is 16.4 Å². The number of nitrogens with one attached hydrogen (secondary N) is 1. The average molecular weight is 732 g/mol. The number of rotatable bonds is 14. The Morgan fingerprint density at radius 1 is 1.24 bits per heavy atom. The number of hydrogen-bond acceptors (Lipinski definition) is 14. The number of ether oxygens (including phenoxy) is 1. The van der Waals surface area contributed by atoms with E-state index in [-0.39, 0.29) is 17.2 Å². The molecule has 19 heteroatoms. The highest BCUT2D eigenvalue weighted by atomic mass is 32.3. The van der Waals surface area contributed by atoms with Crippen LogP contribution in [0.2, 0.25) is 0 Å². The number of oxime groups is 1.